The number of benzene rings is 1. The predicted octanol–water partition coefficient (Wildman–Crippen LogP) is 1.66. The fraction of sp³-hybridized carbons (Fsp3) is 0.316. The fourth-order valence-electron chi connectivity index (χ4n) is 2.76. The Labute approximate surface area is 161 Å². The van der Waals surface area contributed by atoms with Gasteiger partial charge in [-0.3, -0.25) is 9.59 Å². The van der Waals surface area contributed by atoms with Crippen LogP contribution in [0.15, 0.2) is 30.3 Å². The summed E-state index contributed by atoms with van der Waals surface area (Å²) in [5.74, 6) is -0.764. The van der Waals surface area contributed by atoms with Crippen molar-refractivity contribution in [3.05, 3.63) is 58.9 Å². The van der Waals surface area contributed by atoms with Crippen molar-refractivity contribution in [3.63, 3.8) is 0 Å². The molecular weight excluding hydrogens is 363 g/mol. The van der Waals surface area contributed by atoms with Crippen LogP contribution in [0.2, 0.25) is 0 Å². The van der Waals surface area contributed by atoms with Crippen LogP contribution in [0.4, 0.5) is 4.39 Å². The molecule has 1 N–H and O–H groups in total. The Balaban J connectivity index is 1.67. The third kappa shape index (κ3) is 4.30. The molecular formula is C19H21FN6O2. The highest BCUT2D eigenvalue weighted by Crippen LogP contribution is 2.08. The van der Waals surface area contributed by atoms with E-state index >= 15 is 0 Å². The van der Waals surface area contributed by atoms with E-state index in [1.807, 2.05) is 19.9 Å². The lowest BCUT2D eigenvalue weighted by Gasteiger charge is -2.18. The molecule has 0 unspecified atom stereocenters. The Kier molecular flexibility index (Phi) is 5.62. The highest BCUT2D eigenvalue weighted by molar-refractivity contribution is 5.93. The smallest absolute Gasteiger partial charge is 0.294 e. The quantitative estimate of drug-likeness (QED) is 0.698. The van der Waals surface area contributed by atoms with E-state index < -0.39 is 5.91 Å². The van der Waals surface area contributed by atoms with Gasteiger partial charge in [0.1, 0.15) is 5.82 Å². The SMILES string of the molecule is CCN(CC(=O)NCc1ccc(F)cc1)C(=O)c1nc2nc(C)cc(C)n2n1. The molecule has 0 spiro atoms. The highest BCUT2D eigenvalue weighted by atomic mass is 19.1. The molecule has 2 heterocycles. The zero-order valence-electron chi connectivity index (χ0n) is 15.9. The third-order valence-corrected chi connectivity index (χ3v) is 4.22. The van der Waals surface area contributed by atoms with Gasteiger partial charge in [0.15, 0.2) is 0 Å². The van der Waals surface area contributed by atoms with E-state index in [9.17, 15) is 14.0 Å². The van der Waals surface area contributed by atoms with Crippen LogP contribution in [0.25, 0.3) is 5.78 Å². The number of aryl methyl sites for hydroxylation is 2. The molecule has 0 bridgehead atoms. The minimum Gasteiger partial charge on any atom is -0.350 e. The van der Waals surface area contributed by atoms with Gasteiger partial charge < -0.3 is 10.2 Å². The van der Waals surface area contributed by atoms with Crippen molar-refractivity contribution in [2.45, 2.75) is 27.3 Å². The summed E-state index contributed by atoms with van der Waals surface area (Å²) in [6.45, 7) is 5.91. The Hall–Kier alpha value is -3.36. The molecule has 1 aromatic carbocycles. The summed E-state index contributed by atoms with van der Waals surface area (Å²) >= 11 is 0. The second-order valence-electron chi connectivity index (χ2n) is 6.41. The minimum atomic E-state index is -0.443. The molecule has 0 atom stereocenters. The largest absolute Gasteiger partial charge is 0.350 e. The maximum atomic E-state index is 12.9. The van der Waals surface area contributed by atoms with E-state index in [1.165, 1.54) is 21.5 Å². The van der Waals surface area contributed by atoms with Gasteiger partial charge in [0.05, 0.1) is 6.54 Å². The molecule has 146 valence electrons. The number of hydrogen-bond acceptors (Lipinski definition) is 5. The number of aromatic nitrogens is 4. The molecule has 3 rings (SSSR count). The molecule has 0 aliphatic carbocycles. The van der Waals surface area contributed by atoms with Crippen molar-refractivity contribution in [2.24, 2.45) is 0 Å². The van der Waals surface area contributed by atoms with Crippen molar-refractivity contribution < 1.29 is 14.0 Å². The van der Waals surface area contributed by atoms with Gasteiger partial charge in [0, 0.05) is 24.5 Å². The molecule has 8 nitrogen and oxygen atoms in total. The number of fused-ring (bicyclic) bond motifs is 1. The zero-order chi connectivity index (χ0) is 20.3. The topological polar surface area (TPSA) is 92.5 Å². The van der Waals surface area contributed by atoms with Gasteiger partial charge in [0.2, 0.25) is 11.7 Å². The molecule has 0 saturated heterocycles. The van der Waals surface area contributed by atoms with Gasteiger partial charge in [-0.05, 0) is 44.5 Å². The fourth-order valence-corrected chi connectivity index (χ4v) is 2.76. The number of nitrogens with one attached hydrogen (secondary N) is 1. The van der Waals surface area contributed by atoms with Crippen LogP contribution >= 0.6 is 0 Å². The van der Waals surface area contributed by atoms with E-state index in [-0.39, 0.29) is 30.6 Å². The molecule has 2 amide bonds. The minimum absolute atomic E-state index is 0.00520. The van der Waals surface area contributed by atoms with Crippen molar-refractivity contribution >= 4 is 17.6 Å². The maximum absolute atomic E-state index is 12.9. The first-order valence-electron chi connectivity index (χ1n) is 8.89. The first kappa shape index (κ1) is 19.4. The number of amides is 2. The van der Waals surface area contributed by atoms with Crippen LogP contribution in [-0.4, -0.2) is 49.4 Å². The maximum Gasteiger partial charge on any atom is 0.294 e. The monoisotopic (exact) mass is 384 g/mol. The molecule has 0 aliphatic rings. The normalized spacial score (nSPS) is 10.9. The summed E-state index contributed by atoms with van der Waals surface area (Å²) in [5.41, 5.74) is 2.36. The summed E-state index contributed by atoms with van der Waals surface area (Å²) in [6, 6.07) is 7.69. The number of likely N-dealkylation sites (N-methyl/N-ethyl adjacent to an activating group) is 1. The highest BCUT2D eigenvalue weighted by Gasteiger charge is 2.22. The van der Waals surface area contributed by atoms with Crippen LogP contribution in [0, 0.1) is 19.7 Å². The van der Waals surface area contributed by atoms with Crippen molar-refractivity contribution in [2.75, 3.05) is 13.1 Å². The lowest BCUT2D eigenvalue weighted by Crippen LogP contribution is -2.40. The molecule has 3 aromatic rings. The van der Waals surface area contributed by atoms with Crippen molar-refractivity contribution in [1.82, 2.24) is 29.8 Å². The van der Waals surface area contributed by atoms with Gasteiger partial charge in [-0.25, -0.2) is 13.9 Å². The second-order valence-corrected chi connectivity index (χ2v) is 6.41. The van der Waals surface area contributed by atoms with Gasteiger partial charge in [-0.2, -0.15) is 4.98 Å². The molecule has 0 aliphatic heterocycles. The third-order valence-electron chi connectivity index (χ3n) is 4.22. The number of nitrogens with zero attached hydrogens (tertiary/aromatic N) is 5. The molecule has 2 aromatic heterocycles. The Morgan fingerprint density at radius 2 is 1.89 bits per heavy atom. The first-order chi connectivity index (χ1) is 13.4. The van der Waals surface area contributed by atoms with Gasteiger partial charge >= 0.3 is 0 Å². The van der Waals surface area contributed by atoms with E-state index in [4.69, 9.17) is 0 Å². The molecule has 0 saturated carbocycles. The lowest BCUT2D eigenvalue weighted by atomic mass is 10.2. The molecule has 28 heavy (non-hydrogen) atoms. The Morgan fingerprint density at radius 1 is 1.18 bits per heavy atom. The summed E-state index contributed by atoms with van der Waals surface area (Å²) in [4.78, 5) is 34.8. The summed E-state index contributed by atoms with van der Waals surface area (Å²) in [5, 5.41) is 6.93. The van der Waals surface area contributed by atoms with Crippen LogP contribution in [0.1, 0.15) is 34.5 Å². The van der Waals surface area contributed by atoms with Crippen LogP contribution < -0.4 is 5.32 Å². The van der Waals surface area contributed by atoms with Crippen LogP contribution in [-0.2, 0) is 11.3 Å². The van der Waals surface area contributed by atoms with Crippen LogP contribution in [0.5, 0.6) is 0 Å². The second kappa shape index (κ2) is 8.12. The molecule has 9 heteroatoms. The number of carbonyl (C=O) groups excluding carboxylic acids is 2. The zero-order valence-corrected chi connectivity index (χ0v) is 15.9. The summed E-state index contributed by atoms with van der Waals surface area (Å²) in [6.07, 6.45) is 0. The van der Waals surface area contributed by atoms with Gasteiger partial charge in [0.25, 0.3) is 11.7 Å². The standard InChI is InChI=1S/C19H21FN6O2/c1-4-25(11-16(27)21-10-14-5-7-15(20)8-6-14)18(28)17-23-19-22-12(2)9-13(3)26(19)24-17/h5-9H,4,10-11H2,1-3H3,(H,21,27). The first-order valence-corrected chi connectivity index (χ1v) is 8.89. The van der Waals surface area contributed by atoms with E-state index in [2.05, 4.69) is 20.4 Å². The van der Waals surface area contributed by atoms with Crippen LogP contribution in [0.3, 0.4) is 0 Å². The number of halogens is 1. The Bertz CT molecular complexity index is 1020. The Morgan fingerprint density at radius 3 is 2.57 bits per heavy atom. The molecule has 0 fully saturated rings. The van der Waals surface area contributed by atoms with E-state index in [1.54, 1.807) is 19.1 Å². The number of carbonyl (C=O) groups is 2. The lowest BCUT2D eigenvalue weighted by molar-refractivity contribution is -0.121. The van der Waals surface area contributed by atoms with Gasteiger partial charge in [-0.15, -0.1) is 5.10 Å². The number of hydrogen-bond donors (Lipinski definition) is 1. The van der Waals surface area contributed by atoms with E-state index in [0.717, 1.165) is 17.0 Å². The summed E-state index contributed by atoms with van der Waals surface area (Å²) < 4.78 is 14.4. The van der Waals surface area contributed by atoms with Crippen molar-refractivity contribution in [1.29, 1.82) is 0 Å². The molecule has 0 radical (unpaired) electrons. The summed E-state index contributed by atoms with van der Waals surface area (Å²) in [7, 11) is 0. The number of rotatable bonds is 6. The average Bonchev–Trinajstić information content (AvgIpc) is 3.09. The van der Waals surface area contributed by atoms with Crippen molar-refractivity contribution in [3.8, 4) is 0 Å². The predicted molar refractivity (Wildman–Crippen MR) is 100 cm³/mol. The average molecular weight is 384 g/mol. The van der Waals surface area contributed by atoms with E-state index in [0.29, 0.717) is 12.3 Å². The van der Waals surface area contributed by atoms with Gasteiger partial charge in [-0.1, -0.05) is 12.1 Å².